The van der Waals surface area contributed by atoms with Crippen LogP contribution in [0.3, 0.4) is 0 Å². The largest absolute Gasteiger partial charge is 0.477 e. The molecule has 1 aromatic rings. The van der Waals surface area contributed by atoms with Gasteiger partial charge in [0.15, 0.2) is 5.71 Å². The van der Waals surface area contributed by atoms with Crippen molar-refractivity contribution in [1.29, 1.82) is 0 Å². The lowest BCUT2D eigenvalue weighted by atomic mass is 10.1. The van der Waals surface area contributed by atoms with E-state index in [1.165, 1.54) is 24.3 Å². The molecule has 0 bridgehead atoms. The third kappa shape index (κ3) is 4.52. The molecular formula is C14H16N2O6. The molecule has 0 radical (unpaired) electrons. The van der Waals surface area contributed by atoms with Crippen molar-refractivity contribution in [3.63, 3.8) is 0 Å². The minimum Gasteiger partial charge on any atom is -0.477 e. The van der Waals surface area contributed by atoms with Gasteiger partial charge >= 0.3 is 5.97 Å². The van der Waals surface area contributed by atoms with Crippen molar-refractivity contribution in [2.75, 3.05) is 6.61 Å². The van der Waals surface area contributed by atoms with Gasteiger partial charge in [-0.1, -0.05) is 17.3 Å². The summed E-state index contributed by atoms with van der Waals surface area (Å²) >= 11 is 0. The van der Waals surface area contributed by atoms with Gasteiger partial charge in [0.25, 0.3) is 5.69 Å². The molecule has 1 saturated heterocycles. The first-order valence-corrected chi connectivity index (χ1v) is 6.87. The second kappa shape index (κ2) is 7.51. The zero-order chi connectivity index (χ0) is 15.9. The van der Waals surface area contributed by atoms with Crippen LogP contribution in [0.5, 0.6) is 0 Å². The Balaban J connectivity index is 2.01. The van der Waals surface area contributed by atoms with E-state index in [4.69, 9.17) is 14.7 Å². The van der Waals surface area contributed by atoms with E-state index in [1.807, 2.05) is 0 Å². The third-order valence-electron chi connectivity index (χ3n) is 3.18. The number of rotatable bonds is 6. The lowest BCUT2D eigenvalue weighted by Crippen LogP contribution is -2.23. The maximum absolute atomic E-state index is 11.2. The Morgan fingerprint density at radius 3 is 2.68 bits per heavy atom. The Hall–Kier alpha value is -2.48. The molecule has 0 saturated carbocycles. The fraction of sp³-hybridized carbons (Fsp3) is 0.429. The highest BCUT2D eigenvalue weighted by atomic mass is 16.8. The standard InChI is InChI=1S/C14H16N2O6/c17-14(18)12(15-22-13-3-1-2-8-21-13)9-10-4-6-11(7-5-10)16(19)20/h4-7,13H,1-3,8-9H2,(H,17,18)/b15-12+. The smallest absolute Gasteiger partial charge is 0.354 e. The maximum atomic E-state index is 11.2. The van der Waals surface area contributed by atoms with Gasteiger partial charge in [-0.2, -0.15) is 0 Å². The lowest BCUT2D eigenvalue weighted by Gasteiger charge is -2.20. The molecule has 1 aromatic carbocycles. The second-order valence-corrected chi connectivity index (χ2v) is 4.85. The van der Waals surface area contributed by atoms with Gasteiger partial charge < -0.3 is 14.7 Å². The molecule has 1 aliphatic heterocycles. The molecule has 0 aliphatic carbocycles. The number of aliphatic carboxylic acids is 1. The van der Waals surface area contributed by atoms with Crippen molar-refractivity contribution in [3.05, 3.63) is 39.9 Å². The Bertz CT molecular complexity index is 563. The quantitative estimate of drug-likeness (QED) is 0.489. The van der Waals surface area contributed by atoms with Gasteiger partial charge in [0.05, 0.1) is 11.5 Å². The molecule has 1 heterocycles. The summed E-state index contributed by atoms with van der Waals surface area (Å²) in [6, 6.07) is 5.63. The molecule has 1 fully saturated rings. The first kappa shape index (κ1) is 15.9. The molecule has 0 aromatic heterocycles. The predicted molar refractivity (Wildman–Crippen MR) is 76.5 cm³/mol. The number of nitro benzene ring substituents is 1. The molecule has 1 atom stereocenters. The van der Waals surface area contributed by atoms with E-state index in [0.717, 1.165) is 12.8 Å². The van der Waals surface area contributed by atoms with Crippen molar-refractivity contribution in [2.45, 2.75) is 32.0 Å². The molecule has 2 rings (SSSR count). The fourth-order valence-corrected chi connectivity index (χ4v) is 1.99. The minimum atomic E-state index is -1.20. The summed E-state index contributed by atoms with van der Waals surface area (Å²) in [5.74, 6) is -1.20. The van der Waals surface area contributed by atoms with Gasteiger partial charge in [0.1, 0.15) is 0 Å². The summed E-state index contributed by atoms with van der Waals surface area (Å²) in [4.78, 5) is 26.4. The van der Waals surface area contributed by atoms with Gasteiger partial charge in [-0.3, -0.25) is 10.1 Å². The number of nitrogens with zero attached hydrogens (tertiary/aromatic N) is 2. The van der Waals surface area contributed by atoms with E-state index < -0.39 is 17.2 Å². The average Bonchev–Trinajstić information content (AvgIpc) is 2.52. The van der Waals surface area contributed by atoms with E-state index in [2.05, 4.69) is 5.16 Å². The van der Waals surface area contributed by atoms with Crippen molar-refractivity contribution in [2.24, 2.45) is 5.16 Å². The van der Waals surface area contributed by atoms with Crippen LogP contribution in [0.2, 0.25) is 0 Å². The van der Waals surface area contributed by atoms with Crippen LogP contribution >= 0.6 is 0 Å². The molecular weight excluding hydrogens is 292 g/mol. The molecule has 8 heteroatoms. The molecule has 0 spiro atoms. The summed E-state index contributed by atoms with van der Waals surface area (Å²) in [5, 5.41) is 23.4. The molecule has 8 nitrogen and oxygen atoms in total. The van der Waals surface area contributed by atoms with Gasteiger partial charge in [-0.25, -0.2) is 4.79 Å². The minimum absolute atomic E-state index is 0.0139. The number of nitro groups is 1. The third-order valence-corrected chi connectivity index (χ3v) is 3.18. The number of carboxylic acid groups (broad SMARTS) is 1. The normalized spacial score (nSPS) is 18.7. The zero-order valence-electron chi connectivity index (χ0n) is 11.8. The van der Waals surface area contributed by atoms with Crippen LogP contribution < -0.4 is 0 Å². The molecule has 1 aliphatic rings. The van der Waals surface area contributed by atoms with Crippen LogP contribution in [0.25, 0.3) is 0 Å². The number of carbonyl (C=O) groups is 1. The summed E-state index contributed by atoms with van der Waals surface area (Å²) in [6.45, 7) is 0.574. The number of non-ortho nitro benzene ring substituents is 1. The van der Waals surface area contributed by atoms with Gasteiger partial charge in [0, 0.05) is 25.0 Å². The number of hydrogen-bond donors (Lipinski definition) is 1. The monoisotopic (exact) mass is 308 g/mol. The maximum Gasteiger partial charge on any atom is 0.354 e. The Kier molecular flexibility index (Phi) is 5.42. The van der Waals surface area contributed by atoms with Crippen molar-refractivity contribution < 1.29 is 24.4 Å². The van der Waals surface area contributed by atoms with Crippen molar-refractivity contribution in [1.82, 2.24) is 0 Å². The van der Waals surface area contributed by atoms with E-state index in [1.54, 1.807) is 0 Å². The molecule has 0 amide bonds. The average molecular weight is 308 g/mol. The van der Waals surface area contributed by atoms with Crippen molar-refractivity contribution >= 4 is 17.4 Å². The number of hydrogen-bond acceptors (Lipinski definition) is 6. The molecule has 1 N–H and O–H groups in total. The van der Waals surface area contributed by atoms with Gasteiger partial charge in [-0.15, -0.1) is 0 Å². The van der Waals surface area contributed by atoms with Crippen LogP contribution in [0.4, 0.5) is 5.69 Å². The van der Waals surface area contributed by atoms with Gasteiger partial charge in [0.2, 0.25) is 6.29 Å². The lowest BCUT2D eigenvalue weighted by molar-refractivity contribution is -0.384. The van der Waals surface area contributed by atoms with E-state index in [9.17, 15) is 14.9 Å². The summed E-state index contributed by atoms with van der Waals surface area (Å²) < 4.78 is 5.30. The highest BCUT2D eigenvalue weighted by molar-refractivity contribution is 6.35. The summed E-state index contributed by atoms with van der Waals surface area (Å²) in [7, 11) is 0. The van der Waals surface area contributed by atoms with Crippen LogP contribution in [0.15, 0.2) is 29.4 Å². The van der Waals surface area contributed by atoms with Crippen molar-refractivity contribution in [3.8, 4) is 0 Å². The molecule has 22 heavy (non-hydrogen) atoms. The topological polar surface area (TPSA) is 111 Å². The molecule has 1 unspecified atom stereocenters. The van der Waals surface area contributed by atoms with E-state index in [0.29, 0.717) is 18.6 Å². The number of ether oxygens (including phenoxy) is 1. The first-order valence-electron chi connectivity index (χ1n) is 6.87. The van der Waals surface area contributed by atoms with E-state index in [-0.39, 0.29) is 17.8 Å². The van der Waals surface area contributed by atoms with Crippen LogP contribution in [0, 0.1) is 10.1 Å². The highest BCUT2D eigenvalue weighted by Gasteiger charge is 2.17. The van der Waals surface area contributed by atoms with Crippen LogP contribution in [-0.4, -0.2) is 34.6 Å². The van der Waals surface area contributed by atoms with Crippen LogP contribution in [-0.2, 0) is 20.8 Å². The summed E-state index contributed by atoms with van der Waals surface area (Å²) in [5.41, 5.74) is 0.368. The zero-order valence-corrected chi connectivity index (χ0v) is 11.8. The SMILES string of the molecule is O=C(O)/C(Cc1ccc([N+](=O)[O-])cc1)=N/OC1CCCCO1. The number of carboxylic acids is 1. The second-order valence-electron chi connectivity index (χ2n) is 4.85. The summed E-state index contributed by atoms with van der Waals surface area (Å²) in [6.07, 6.45) is 2.08. The predicted octanol–water partition coefficient (Wildman–Crippen LogP) is 2.12. The Morgan fingerprint density at radius 1 is 1.41 bits per heavy atom. The Morgan fingerprint density at radius 2 is 2.14 bits per heavy atom. The fourth-order valence-electron chi connectivity index (χ4n) is 1.99. The number of benzene rings is 1. The van der Waals surface area contributed by atoms with Crippen LogP contribution in [0.1, 0.15) is 24.8 Å². The molecule has 118 valence electrons. The highest BCUT2D eigenvalue weighted by Crippen LogP contribution is 2.15. The first-order chi connectivity index (χ1) is 10.6. The van der Waals surface area contributed by atoms with E-state index >= 15 is 0 Å². The Labute approximate surface area is 126 Å². The number of oxime groups is 1. The van der Waals surface area contributed by atoms with Gasteiger partial charge in [-0.05, 0) is 18.4 Å².